The first-order valence-corrected chi connectivity index (χ1v) is 4.49. The molecule has 0 aliphatic rings. The number of tetrazole rings is 1. The molecule has 0 saturated heterocycles. The molecule has 0 amide bonds. The van der Waals surface area contributed by atoms with Crippen LogP contribution in [0, 0.1) is 10.1 Å². The van der Waals surface area contributed by atoms with Crippen molar-refractivity contribution in [3.05, 3.63) is 39.9 Å². The minimum atomic E-state index is -0.483. The SMILES string of the molecule is Nc1nnnn1/N=C\c1cccc([N+](=O)[O-])c1. The first kappa shape index (κ1) is 10.7. The number of non-ortho nitro benzene ring substituents is 1. The lowest BCUT2D eigenvalue weighted by Crippen LogP contribution is -1.99. The highest BCUT2D eigenvalue weighted by molar-refractivity contribution is 5.80. The van der Waals surface area contributed by atoms with Gasteiger partial charge >= 0.3 is 0 Å². The summed E-state index contributed by atoms with van der Waals surface area (Å²) in [6.45, 7) is 0. The van der Waals surface area contributed by atoms with Gasteiger partial charge in [-0.05, 0) is 10.4 Å². The van der Waals surface area contributed by atoms with Crippen molar-refractivity contribution in [2.24, 2.45) is 5.10 Å². The molecule has 0 radical (unpaired) electrons. The van der Waals surface area contributed by atoms with E-state index in [9.17, 15) is 10.1 Å². The molecule has 17 heavy (non-hydrogen) atoms. The first-order chi connectivity index (χ1) is 8.16. The fourth-order valence-corrected chi connectivity index (χ4v) is 1.11. The summed E-state index contributed by atoms with van der Waals surface area (Å²) in [5.74, 6) is 0.0340. The van der Waals surface area contributed by atoms with E-state index >= 15 is 0 Å². The predicted molar refractivity (Wildman–Crippen MR) is 58.3 cm³/mol. The van der Waals surface area contributed by atoms with Gasteiger partial charge in [0.1, 0.15) is 0 Å². The normalized spacial score (nSPS) is 10.8. The summed E-state index contributed by atoms with van der Waals surface area (Å²) in [5, 5.41) is 24.6. The average Bonchev–Trinajstić information content (AvgIpc) is 2.72. The third kappa shape index (κ3) is 2.40. The van der Waals surface area contributed by atoms with E-state index in [1.165, 1.54) is 18.3 Å². The van der Waals surface area contributed by atoms with Crippen LogP contribution in [0.4, 0.5) is 11.6 Å². The molecule has 2 N–H and O–H groups in total. The fraction of sp³-hybridized carbons (Fsp3) is 0. The number of aromatic nitrogens is 4. The second-order valence-electron chi connectivity index (χ2n) is 3.02. The molecule has 1 heterocycles. The van der Waals surface area contributed by atoms with Gasteiger partial charge in [0.25, 0.3) is 11.6 Å². The number of anilines is 1. The Morgan fingerprint density at radius 3 is 3.00 bits per heavy atom. The van der Waals surface area contributed by atoms with Crippen molar-refractivity contribution in [1.29, 1.82) is 0 Å². The number of nitrogens with two attached hydrogens (primary N) is 1. The van der Waals surface area contributed by atoms with Crippen LogP contribution in [0.15, 0.2) is 29.4 Å². The molecule has 0 aliphatic heterocycles. The average molecular weight is 233 g/mol. The first-order valence-electron chi connectivity index (χ1n) is 4.49. The van der Waals surface area contributed by atoms with Crippen LogP contribution in [0.2, 0.25) is 0 Å². The van der Waals surface area contributed by atoms with E-state index in [0.717, 1.165) is 4.79 Å². The number of hydrogen-bond acceptors (Lipinski definition) is 7. The van der Waals surface area contributed by atoms with Crippen molar-refractivity contribution >= 4 is 17.9 Å². The van der Waals surface area contributed by atoms with Crippen LogP contribution < -0.4 is 5.73 Å². The van der Waals surface area contributed by atoms with E-state index in [1.54, 1.807) is 12.1 Å². The third-order valence-corrected chi connectivity index (χ3v) is 1.87. The monoisotopic (exact) mass is 233 g/mol. The number of nitrogens with zero attached hydrogens (tertiary/aromatic N) is 6. The van der Waals surface area contributed by atoms with Crippen LogP contribution in [0.1, 0.15) is 5.56 Å². The van der Waals surface area contributed by atoms with Crippen LogP contribution in [-0.2, 0) is 0 Å². The van der Waals surface area contributed by atoms with Gasteiger partial charge < -0.3 is 5.73 Å². The molecule has 1 aromatic heterocycles. The van der Waals surface area contributed by atoms with Crippen molar-refractivity contribution in [3.63, 3.8) is 0 Å². The Bertz CT molecular complexity index is 577. The molecule has 86 valence electrons. The van der Waals surface area contributed by atoms with Gasteiger partial charge in [-0.2, -0.15) is 5.10 Å². The molecular formula is C8H7N7O2. The summed E-state index contributed by atoms with van der Waals surface area (Å²) in [7, 11) is 0. The molecule has 9 heteroatoms. The predicted octanol–water partition coefficient (Wildman–Crippen LogP) is 0.0457. The number of hydrogen-bond donors (Lipinski definition) is 1. The number of nitro benzene ring substituents is 1. The summed E-state index contributed by atoms with van der Waals surface area (Å²) < 4.78 is 0. The number of benzene rings is 1. The Morgan fingerprint density at radius 1 is 1.53 bits per heavy atom. The van der Waals surface area contributed by atoms with E-state index < -0.39 is 4.92 Å². The molecule has 9 nitrogen and oxygen atoms in total. The minimum Gasteiger partial charge on any atom is -0.365 e. The molecular weight excluding hydrogens is 226 g/mol. The molecule has 0 saturated carbocycles. The van der Waals surface area contributed by atoms with E-state index in [4.69, 9.17) is 5.73 Å². The fourth-order valence-electron chi connectivity index (χ4n) is 1.11. The molecule has 0 fully saturated rings. The summed E-state index contributed by atoms with van der Waals surface area (Å²) in [6, 6.07) is 5.99. The second-order valence-corrected chi connectivity index (χ2v) is 3.02. The van der Waals surface area contributed by atoms with Crippen molar-refractivity contribution in [3.8, 4) is 0 Å². The van der Waals surface area contributed by atoms with E-state index in [-0.39, 0.29) is 11.6 Å². The standard InChI is InChI=1S/C8H7N7O2/c9-8-11-12-13-14(8)10-5-6-2-1-3-7(4-6)15(16)17/h1-5H,(H2,9,11,13)/b10-5-. The number of nitro groups is 1. The van der Waals surface area contributed by atoms with E-state index in [0.29, 0.717) is 5.56 Å². The van der Waals surface area contributed by atoms with Gasteiger partial charge in [0, 0.05) is 17.7 Å². The van der Waals surface area contributed by atoms with Crippen LogP contribution in [0.5, 0.6) is 0 Å². The molecule has 0 aliphatic carbocycles. The maximum atomic E-state index is 10.5. The van der Waals surface area contributed by atoms with Gasteiger partial charge in [-0.1, -0.05) is 22.0 Å². The maximum absolute atomic E-state index is 10.5. The molecule has 0 atom stereocenters. The Morgan fingerprint density at radius 2 is 2.35 bits per heavy atom. The highest BCUT2D eigenvalue weighted by Gasteiger charge is 2.04. The van der Waals surface area contributed by atoms with E-state index in [1.807, 2.05) is 0 Å². The number of rotatable bonds is 3. The van der Waals surface area contributed by atoms with Gasteiger partial charge in [-0.3, -0.25) is 10.1 Å². The van der Waals surface area contributed by atoms with E-state index in [2.05, 4.69) is 20.6 Å². The van der Waals surface area contributed by atoms with Gasteiger partial charge in [-0.15, -0.1) is 0 Å². The summed E-state index contributed by atoms with van der Waals surface area (Å²) in [4.78, 5) is 11.1. The van der Waals surface area contributed by atoms with Crippen molar-refractivity contribution in [2.75, 3.05) is 5.73 Å². The topological polar surface area (TPSA) is 125 Å². The molecule has 1 aromatic carbocycles. The van der Waals surface area contributed by atoms with Crippen LogP contribution in [0.25, 0.3) is 0 Å². The van der Waals surface area contributed by atoms with Gasteiger partial charge in [-0.25, -0.2) is 0 Å². The lowest BCUT2D eigenvalue weighted by molar-refractivity contribution is -0.384. The van der Waals surface area contributed by atoms with Crippen molar-refractivity contribution in [2.45, 2.75) is 0 Å². The second kappa shape index (κ2) is 4.35. The largest absolute Gasteiger partial charge is 0.365 e. The Balaban J connectivity index is 2.24. The van der Waals surface area contributed by atoms with Crippen LogP contribution in [0.3, 0.4) is 0 Å². The van der Waals surface area contributed by atoms with Crippen LogP contribution >= 0.6 is 0 Å². The Labute approximate surface area is 94.7 Å². The molecule has 2 rings (SSSR count). The zero-order valence-electron chi connectivity index (χ0n) is 8.46. The summed E-state index contributed by atoms with van der Waals surface area (Å²) in [5.41, 5.74) is 5.92. The van der Waals surface area contributed by atoms with Crippen molar-refractivity contribution in [1.82, 2.24) is 20.3 Å². The molecule has 0 spiro atoms. The lowest BCUT2D eigenvalue weighted by Gasteiger charge is -1.94. The Kier molecular flexibility index (Phi) is 2.73. The zero-order chi connectivity index (χ0) is 12.3. The smallest absolute Gasteiger partial charge is 0.270 e. The molecule has 0 bridgehead atoms. The molecule has 2 aromatic rings. The zero-order valence-corrected chi connectivity index (χ0v) is 8.46. The minimum absolute atomic E-state index is 0.0152. The summed E-state index contributed by atoms with van der Waals surface area (Å²) >= 11 is 0. The van der Waals surface area contributed by atoms with Crippen molar-refractivity contribution < 1.29 is 4.92 Å². The number of nitrogen functional groups attached to an aromatic ring is 1. The van der Waals surface area contributed by atoms with Gasteiger partial charge in [0.2, 0.25) is 0 Å². The Hall–Kier alpha value is -2.84. The molecule has 0 unspecified atom stereocenters. The highest BCUT2D eigenvalue weighted by Crippen LogP contribution is 2.11. The maximum Gasteiger partial charge on any atom is 0.270 e. The highest BCUT2D eigenvalue weighted by atomic mass is 16.6. The van der Waals surface area contributed by atoms with Crippen LogP contribution in [-0.4, -0.2) is 31.5 Å². The summed E-state index contributed by atoms with van der Waals surface area (Å²) in [6.07, 6.45) is 1.37. The lowest BCUT2D eigenvalue weighted by atomic mass is 10.2. The quantitative estimate of drug-likeness (QED) is 0.453. The third-order valence-electron chi connectivity index (χ3n) is 1.87. The van der Waals surface area contributed by atoms with Gasteiger partial charge in [0.15, 0.2) is 0 Å². The van der Waals surface area contributed by atoms with Gasteiger partial charge in [0.05, 0.1) is 11.1 Å².